The van der Waals surface area contributed by atoms with Crippen LogP contribution in [-0.4, -0.2) is 14.8 Å². The van der Waals surface area contributed by atoms with Crippen LogP contribution in [0.25, 0.3) is 10.6 Å². The highest BCUT2D eigenvalue weighted by Gasteiger charge is 2.14. The third kappa shape index (κ3) is 2.15. The second kappa shape index (κ2) is 4.89. The molecular formula is C12H16N4OS. The van der Waals surface area contributed by atoms with E-state index in [1.165, 1.54) is 11.3 Å². The molecule has 5 nitrogen and oxygen atoms in total. The van der Waals surface area contributed by atoms with Gasteiger partial charge in [0.25, 0.3) is 5.56 Å². The monoisotopic (exact) mass is 264 g/mol. The third-order valence-electron chi connectivity index (χ3n) is 3.02. The lowest BCUT2D eigenvalue weighted by Crippen LogP contribution is -2.26. The summed E-state index contributed by atoms with van der Waals surface area (Å²) < 4.78 is 1.80. The van der Waals surface area contributed by atoms with Gasteiger partial charge in [-0.15, -0.1) is 10.2 Å². The lowest BCUT2D eigenvalue weighted by molar-refractivity contribution is 0.503. The molecule has 0 fully saturated rings. The van der Waals surface area contributed by atoms with Gasteiger partial charge in [-0.05, 0) is 32.4 Å². The summed E-state index contributed by atoms with van der Waals surface area (Å²) in [5.74, 6) is 0. The van der Waals surface area contributed by atoms with E-state index in [4.69, 9.17) is 5.73 Å². The van der Waals surface area contributed by atoms with Crippen molar-refractivity contribution < 1.29 is 0 Å². The molecule has 0 radical (unpaired) electrons. The molecule has 2 rings (SSSR count). The van der Waals surface area contributed by atoms with Gasteiger partial charge in [0.15, 0.2) is 5.01 Å². The fourth-order valence-corrected chi connectivity index (χ4v) is 2.51. The summed E-state index contributed by atoms with van der Waals surface area (Å²) in [6, 6.07) is 3.89. The largest absolute Gasteiger partial charge is 0.374 e. The van der Waals surface area contributed by atoms with E-state index in [-0.39, 0.29) is 11.6 Å². The minimum Gasteiger partial charge on any atom is -0.374 e. The van der Waals surface area contributed by atoms with E-state index >= 15 is 0 Å². The van der Waals surface area contributed by atoms with Crippen molar-refractivity contribution in [3.05, 3.63) is 28.2 Å². The summed E-state index contributed by atoms with van der Waals surface area (Å²) in [5.41, 5.74) is 7.05. The van der Waals surface area contributed by atoms with E-state index in [0.29, 0.717) is 15.7 Å². The summed E-state index contributed by atoms with van der Waals surface area (Å²) >= 11 is 1.23. The van der Waals surface area contributed by atoms with Crippen molar-refractivity contribution in [2.45, 2.75) is 33.2 Å². The van der Waals surface area contributed by atoms with Gasteiger partial charge in [-0.3, -0.25) is 4.79 Å². The van der Waals surface area contributed by atoms with Crippen LogP contribution in [0.1, 0.15) is 32.0 Å². The van der Waals surface area contributed by atoms with Gasteiger partial charge in [-0.1, -0.05) is 18.3 Å². The van der Waals surface area contributed by atoms with Crippen LogP contribution in [-0.2, 0) is 0 Å². The van der Waals surface area contributed by atoms with Gasteiger partial charge in [0.2, 0.25) is 5.13 Å². The molecule has 2 N–H and O–H groups in total. The molecule has 18 heavy (non-hydrogen) atoms. The normalized spacial score (nSPS) is 12.6. The molecule has 0 bridgehead atoms. The van der Waals surface area contributed by atoms with Crippen molar-refractivity contribution in [1.29, 1.82) is 0 Å². The zero-order chi connectivity index (χ0) is 13.3. The molecule has 6 heteroatoms. The van der Waals surface area contributed by atoms with Gasteiger partial charge in [-0.2, -0.15) is 0 Å². The van der Waals surface area contributed by atoms with Crippen molar-refractivity contribution >= 4 is 16.5 Å². The number of anilines is 1. The second-order valence-electron chi connectivity index (χ2n) is 4.27. The first-order valence-corrected chi connectivity index (χ1v) is 6.67. The maximum Gasteiger partial charge on any atom is 0.261 e. The molecular weight excluding hydrogens is 248 g/mol. The van der Waals surface area contributed by atoms with Gasteiger partial charge in [-0.25, -0.2) is 0 Å². The van der Waals surface area contributed by atoms with E-state index in [2.05, 4.69) is 17.1 Å². The van der Waals surface area contributed by atoms with E-state index in [1.54, 1.807) is 10.6 Å². The maximum absolute atomic E-state index is 12.5. The number of pyridine rings is 1. The first-order chi connectivity index (χ1) is 8.54. The van der Waals surface area contributed by atoms with Gasteiger partial charge < -0.3 is 10.3 Å². The highest BCUT2D eigenvalue weighted by molar-refractivity contribution is 7.18. The van der Waals surface area contributed by atoms with Crippen LogP contribution < -0.4 is 11.3 Å². The fourth-order valence-electron chi connectivity index (χ4n) is 1.88. The molecule has 2 aromatic heterocycles. The maximum atomic E-state index is 12.5. The lowest BCUT2D eigenvalue weighted by atomic mass is 10.2. The number of aromatic nitrogens is 3. The molecule has 0 aromatic carbocycles. The molecule has 0 aliphatic rings. The topological polar surface area (TPSA) is 73.8 Å². The number of rotatable bonds is 3. The van der Waals surface area contributed by atoms with Crippen molar-refractivity contribution in [2.75, 3.05) is 5.73 Å². The Morgan fingerprint density at radius 2 is 2.17 bits per heavy atom. The number of aryl methyl sites for hydroxylation is 1. The predicted molar refractivity (Wildman–Crippen MR) is 73.8 cm³/mol. The van der Waals surface area contributed by atoms with Crippen LogP contribution in [0.5, 0.6) is 0 Å². The van der Waals surface area contributed by atoms with E-state index in [1.807, 2.05) is 19.9 Å². The Kier molecular flexibility index (Phi) is 3.47. The highest BCUT2D eigenvalue weighted by Crippen LogP contribution is 2.23. The van der Waals surface area contributed by atoms with Gasteiger partial charge in [0, 0.05) is 11.7 Å². The van der Waals surface area contributed by atoms with Crippen molar-refractivity contribution in [3.8, 4) is 10.6 Å². The number of nitrogen functional groups attached to an aromatic ring is 1. The van der Waals surface area contributed by atoms with Crippen LogP contribution in [0.3, 0.4) is 0 Å². The van der Waals surface area contributed by atoms with Crippen LogP contribution in [0.2, 0.25) is 0 Å². The Labute approximate surface area is 109 Å². The Bertz CT molecular complexity index is 617. The predicted octanol–water partition coefficient (Wildman–Crippen LogP) is 2.23. The van der Waals surface area contributed by atoms with Crippen LogP contribution in [0.4, 0.5) is 5.13 Å². The summed E-state index contributed by atoms with van der Waals surface area (Å²) in [6.45, 7) is 6.03. The fraction of sp³-hybridized carbons (Fsp3) is 0.417. The van der Waals surface area contributed by atoms with Gasteiger partial charge in [0.05, 0.1) is 5.56 Å². The third-order valence-corrected chi connectivity index (χ3v) is 3.81. The summed E-state index contributed by atoms with van der Waals surface area (Å²) in [4.78, 5) is 12.5. The first-order valence-electron chi connectivity index (χ1n) is 5.86. The van der Waals surface area contributed by atoms with Crippen molar-refractivity contribution in [3.63, 3.8) is 0 Å². The Morgan fingerprint density at radius 1 is 1.44 bits per heavy atom. The molecule has 96 valence electrons. The quantitative estimate of drug-likeness (QED) is 0.922. The Hall–Kier alpha value is -1.69. The molecule has 0 aliphatic heterocycles. The average molecular weight is 264 g/mol. The summed E-state index contributed by atoms with van der Waals surface area (Å²) in [5, 5.41) is 8.64. The van der Waals surface area contributed by atoms with Crippen LogP contribution >= 0.6 is 11.3 Å². The van der Waals surface area contributed by atoms with E-state index in [0.717, 1.165) is 12.1 Å². The Morgan fingerprint density at radius 3 is 2.72 bits per heavy atom. The van der Waals surface area contributed by atoms with Crippen LogP contribution in [0, 0.1) is 6.92 Å². The summed E-state index contributed by atoms with van der Waals surface area (Å²) in [7, 11) is 0. The minimum absolute atomic E-state index is 0.0273. The molecule has 2 aromatic rings. The zero-order valence-electron chi connectivity index (χ0n) is 10.7. The minimum atomic E-state index is -0.0273. The van der Waals surface area contributed by atoms with Crippen LogP contribution in [0.15, 0.2) is 16.9 Å². The zero-order valence-corrected chi connectivity index (χ0v) is 11.5. The second-order valence-corrected chi connectivity index (χ2v) is 5.28. The standard InChI is InChI=1S/C12H16N4OS/c1-4-7(2)16-8(3)5-6-9(11(16)17)10-14-15-12(13)18-10/h5-7H,4H2,1-3H3,(H2,13,15). The first kappa shape index (κ1) is 12.8. The smallest absolute Gasteiger partial charge is 0.261 e. The van der Waals surface area contributed by atoms with Gasteiger partial charge in [0.1, 0.15) is 0 Å². The average Bonchev–Trinajstić information content (AvgIpc) is 2.75. The molecule has 0 aliphatic carbocycles. The molecule has 2 heterocycles. The number of nitrogens with zero attached hydrogens (tertiary/aromatic N) is 3. The molecule has 1 atom stereocenters. The number of hydrogen-bond donors (Lipinski definition) is 1. The Balaban J connectivity index is 2.61. The number of hydrogen-bond acceptors (Lipinski definition) is 5. The highest BCUT2D eigenvalue weighted by atomic mass is 32.1. The van der Waals surface area contributed by atoms with Crippen molar-refractivity contribution in [1.82, 2.24) is 14.8 Å². The molecule has 1 unspecified atom stereocenters. The summed E-state index contributed by atoms with van der Waals surface area (Å²) in [6.07, 6.45) is 0.905. The molecule has 0 spiro atoms. The lowest BCUT2D eigenvalue weighted by Gasteiger charge is -2.17. The number of nitrogens with two attached hydrogens (primary N) is 1. The van der Waals surface area contributed by atoms with Crippen molar-refractivity contribution in [2.24, 2.45) is 0 Å². The van der Waals surface area contributed by atoms with E-state index in [9.17, 15) is 4.79 Å². The van der Waals surface area contributed by atoms with E-state index < -0.39 is 0 Å². The SMILES string of the molecule is CCC(C)n1c(C)ccc(-c2nnc(N)s2)c1=O. The molecule has 0 saturated carbocycles. The van der Waals surface area contributed by atoms with Gasteiger partial charge >= 0.3 is 0 Å². The molecule has 0 amide bonds. The molecule has 0 saturated heterocycles.